The van der Waals surface area contributed by atoms with Crippen LogP contribution < -0.4 is 0 Å². The molecule has 1 aromatic rings. The van der Waals surface area contributed by atoms with Gasteiger partial charge in [0.15, 0.2) is 0 Å². The maximum atomic E-state index is 12.5. The Morgan fingerprint density at radius 3 is 2.59 bits per heavy atom. The van der Waals surface area contributed by atoms with E-state index in [0.29, 0.717) is 17.9 Å². The second-order valence-electron chi connectivity index (χ2n) is 5.41. The molecule has 1 heterocycles. The van der Waals surface area contributed by atoms with Crippen LogP contribution in [-0.4, -0.2) is 48.2 Å². The number of carboxylic acids is 1. The quantitative estimate of drug-likeness (QED) is 0.882. The second kappa shape index (κ2) is 6.95. The van der Waals surface area contributed by atoms with Crippen LogP contribution >= 0.6 is 11.6 Å². The molecule has 2 rings (SSSR count). The van der Waals surface area contributed by atoms with Crippen LogP contribution in [0.4, 0.5) is 0 Å². The molecule has 6 nitrogen and oxygen atoms in total. The lowest BCUT2D eigenvalue weighted by Crippen LogP contribution is -2.46. The highest BCUT2D eigenvalue weighted by atomic mass is 35.5. The summed E-state index contributed by atoms with van der Waals surface area (Å²) in [7, 11) is -2.08. The monoisotopic (exact) mass is 346 g/mol. The third-order valence-electron chi connectivity index (χ3n) is 3.82. The second-order valence-corrected chi connectivity index (χ2v) is 7.88. The minimum atomic E-state index is -3.59. The van der Waals surface area contributed by atoms with Crippen LogP contribution in [0.1, 0.15) is 18.4 Å². The van der Waals surface area contributed by atoms with Crippen LogP contribution in [0.15, 0.2) is 24.3 Å². The Bertz CT molecular complexity index is 642. The zero-order valence-electron chi connectivity index (χ0n) is 12.3. The Morgan fingerprint density at radius 1 is 1.41 bits per heavy atom. The third-order valence-corrected chi connectivity index (χ3v) is 5.99. The summed E-state index contributed by atoms with van der Waals surface area (Å²) in [6.45, 7) is 0.695. The van der Waals surface area contributed by atoms with E-state index in [1.54, 1.807) is 18.2 Å². The average Bonchev–Trinajstić information content (AvgIpc) is 2.47. The van der Waals surface area contributed by atoms with Gasteiger partial charge in [0, 0.05) is 31.7 Å². The first-order valence-corrected chi connectivity index (χ1v) is 8.77. The van der Waals surface area contributed by atoms with E-state index >= 15 is 0 Å². The summed E-state index contributed by atoms with van der Waals surface area (Å²) in [5, 5.41) is 9.53. The molecule has 0 spiro atoms. The molecule has 8 heteroatoms. The average molecular weight is 347 g/mol. The molecule has 1 fully saturated rings. The number of rotatable bonds is 5. The van der Waals surface area contributed by atoms with Gasteiger partial charge in [-0.3, -0.25) is 4.79 Å². The van der Waals surface area contributed by atoms with E-state index in [4.69, 9.17) is 16.7 Å². The topological polar surface area (TPSA) is 77.9 Å². The van der Waals surface area contributed by atoms with E-state index in [2.05, 4.69) is 0 Å². The molecule has 0 aliphatic carbocycles. The van der Waals surface area contributed by atoms with Gasteiger partial charge in [-0.1, -0.05) is 23.7 Å². The van der Waals surface area contributed by atoms with Crippen molar-refractivity contribution in [1.29, 1.82) is 0 Å². The van der Waals surface area contributed by atoms with Crippen molar-refractivity contribution in [2.75, 3.05) is 20.1 Å². The van der Waals surface area contributed by atoms with Crippen LogP contribution in [0.3, 0.4) is 0 Å². The van der Waals surface area contributed by atoms with Crippen molar-refractivity contribution < 1.29 is 18.3 Å². The van der Waals surface area contributed by atoms with Gasteiger partial charge in [0.1, 0.15) is 0 Å². The van der Waals surface area contributed by atoms with Gasteiger partial charge in [-0.25, -0.2) is 0 Å². The number of halogens is 1. The molecular weight excluding hydrogens is 328 g/mol. The Labute approximate surface area is 135 Å². The fraction of sp³-hybridized carbons (Fsp3) is 0.500. The molecule has 1 saturated heterocycles. The fourth-order valence-electron chi connectivity index (χ4n) is 2.50. The molecule has 0 unspecified atom stereocenters. The van der Waals surface area contributed by atoms with Gasteiger partial charge in [-0.2, -0.15) is 17.0 Å². The summed E-state index contributed by atoms with van der Waals surface area (Å²) in [6.07, 6.45) is 0.694. The molecule has 0 amide bonds. The highest BCUT2D eigenvalue weighted by Gasteiger charge is 2.33. The van der Waals surface area contributed by atoms with Crippen molar-refractivity contribution in [3.05, 3.63) is 34.9 Å². The molecule has 1 N–H and O–H groups in total. The molecule has 22 heavy (non-hydrogen) atoms. The molecule has 0 bridgehead atoms. The van der Waals surface area contributed by atoms with Gasteiger partial charge in [-0.15, -0.1) is 0 Å². The van der Waals surface area contributed by atoms with Crippen molar-refractivity contribution in [3.8, 4) is 0 Å². The zero-order valence-corrected chi connectivity index (χ0v) is 13.8. The van der Waals surface area contributed by atoms with Crippen LogP contribution in [0.5, 0.6) is 0 Å². The summed E-state index contributed by atoms with van der Waals surface area (Å²) >= 11 is 5.90. The van der Waals surface area contributed by atoms with E-state index in [-0.39, 0.29) is 19.6 Å². The lowest BCUT2D eigenvalue weighted by Gasteiger charge is -2.32. The minimum Gasteiger partial charge on any atom is -0.481 e. The Kier molecular flexibility index (Phi) is 5.44. The molecule has 1 aliphatic heterocycles. The van der Waals surface area contributed by atoms with Crippen molar-refractivity contribution in [1.82, 2.24) is 8.61 Å². The molecule has 0 atom stereocenters. The highest BCUT2D eigenvalue weighted by molar-refractivity contribution is 7.86. The number of piperidine rings is 1. The number of aliphatic carboxylic acids is 1. The predicted molar refractivity (Wildman–Crippen MR) is 83.8 cm³/mol. The van der Waals surface area contributed by atoms with Crippen molar-refractivity contribution >= 4 is 27.8 Å². The molecule has 1 aromatic carbocycles. The van der Waals surface area contributed by atoms with E-state index in [1.807, 2.05) is 6.07 Å². The van der Waals surface area contributed by atoms with Crippen LogP contribution in [0.2, 0.25) is 5.02 Å². The Morgan fingerprint density at radius 2 is 2.05 bits per heavy atom. The number of carboxylic acid groups (broad SMARTS) is 1. The van der Waals surface area contributed by atoms with Gasteiger partial charge in [-0.05, 0) is 30.5 Å². The summed E-state index contributed by atoms with van der Waals surface area (Å²) in [6, 6.07) is 7.05. The first kappa shape index (κ1) is 17.2. The van der Waals surface area contributed by atoms with E-state index in [0.717, 1.165) is 5.56 Å². The summed E-state index contributed by atoms with van der Waals surface area (Å²) in [5.74, 6) is -1.31. The standard InChI is InChI=1S/C14H19ClN2O4S/c1-16(10-11-3-2-4-13(15)9-11)22(20,21)17-7-5-12(6-8-17)14(18)19/h2-4,9,12H,5-8,10H2,1H3,(H,18,19). The maximum absolute atomic E-state index is 12.5. The van der Waals surface area contributed by atoms with Gasteiger partial charge >= 0.3 is 5.97 Å². The molecule has 0 radical (unpaired) electrons. The van der Waals surface area contributed by atoms with Crippen LogP contribution in [0.25, 0.3) is 0 Å². The molecule has 1 aliphatic rings. The molecular formula is C14H19ClN2O4S. The predicted octanol–water partition coefficient (Wildman–Crippen LogP) is 1.81. The molecule has 0 aromatic heterocycles. The Balaban J connectivity index is 2.02. The third kappa shape index (κ3) is 3.98. The fourth-order valence-corrected chi connectivity index (χ4v) is 4.10. The number of benzene rings is 1. The summed E-state index contributed by atoms with van der Waals surface area (Å²) in [4.78, 5) is 10.9. The van der Waals surface area contributed by atoms with E-state index in [1.165, 1.54) is 15.7 Å². The lowest BCUT2D eigenvalue weighted by atomic mass is 9.99. The SMILES string of the molecule is CN(Cc1cccc(Cl)c1)S(=O)(=O)N1CCC(C(=O)O)CC1. The largest absolute Gasteiger partial charge is 0.481 e. The first-order chi connectivity index (χ1) is 10.3. The normalized spacial score (nSPS) is 17.8. The van der Waals surface area contributed by atoms with Crippen LogP contribution in [0, 0.1) is 5.92 Å². The number of carbonyl (C=O) groups is 1. The minimum absolute atomic E-state index is 0.224. The highest BCUT2D eigenvalue weighted by Crippen LogP contribution is 2.22. The van der Waals surface area contributed by atoms with Gasteiger partial charge in [0.2, 0.25) is 0 Å². The van der Waals surface area contributed by atoms with Crippen LogP contribution in [-0.2, 0) is 21.5 Å². The van der Waals surface area contributed by atoms with Crippen molar-refractivity contribution in [2.45, 2.75) is 19.4 Å². The van der Waals surface area contributed by atoms with Gasteiger partial charge in [0.25, 0.3) is 10.2 Å². The van der Waals surface area contributed by atoms with E-state index in [9.17, 15) is 13.2 Å². The zero-order chi connectivity index (χ0) is 16.3. The molecule has 122 valence electrons. The van der Waals surface area contributed by atoms with E-state index < -0.39 is 22.1 Å². The number of hydrogen-bond donors (Lipinski definition) is 1. The van der Waals surface area contributed by atoms with Gasteiger partial charge in [0.05, 0.1) is 5.92 Å². The summed E-state index contributed by atoms with van der Waals surface area (Å²) < 4.78 is 27.7. The van der Waals surface area contributed by atoms with Gasteiger partial charge < -0.3 is 5.11 Å². The van der Waals surface area contributed by atoms with Crippen molar-refractivity contribution in [3.63, 3.8) is 0 Å². The number of nitrogens with zero attached hydrogens (tertiary/aromatic N) is 2. The first-order valence-electron chi connectivity index (χ1n) is 6.99. The number of hydrogen-bond acceptors (Lipinski definition) is 3. The molecule has 0 saturated carbocycles. The van der Waals surface area contributed by atoms with Crippen molar-refractivity contribution in [2.24, 2.45) is 5.92 Å². The Hall–Kier alpha value is -1.15. The lowest BCUT2D eigenvalue weighted by molar-refractivity contribution is -0.142. The maximum Gasteiger partial charge on any atom is 0.306 e. The smallest absolute Gasteiger partial charge is 0.306 e. The summed E-state index contributed by atoms with van der Waals surface area (Å²) in [5.41, 5.74) is 0.805.